The van der Waals surface area contributed by atoms with Crippen LogP contribution in [0.25, 0.3) is 11.0 Å². The molecule has 0 N–H and O–H groups in total. The summed E-state index contributed by atoms with van der Waals surface area (Å²) in [6.07, 6.45) is 0. The molecule has 0 aliphatic carbocycles. The van der Waals surface area contributed by atoms with E-state index in [4.69, 9.17) is 13.9 Å². The summed E-state index contributed by atoms with van der Waals surface area (Å²) in [5, 5.41) is 0.383. The Morgan fingerprint density at radius 3 is 2.62 bits per heavy atom. The van der Waals surface area contributed by atoms with E-state index in [2.05, 4.69) is 0 Å². The van der Waals surface area contributed by atoms with Crippen molar-refractivity contribution in [3.8, 4) is 5.75 Å². The molecule has 1 aromatic heterocycles. The van der Waals surface area contributed by atoms with E-state index < -0.39 is 18.5 Å². The highest BCUT2D eigenvalue weighted by atomic mass is 16.5. The molecule has 0 bridgehead atoms. The van der Waals surface area contributed by atoms with Gasteiger partial charge in [-0.25, -0.2) is 4.79 Å². The van der Waals surface area contributed by atoms with Crippen LogP contribution in [-0.4, -0.2) is 37.5 Å². The number of likely N-dealkylation sites (N-methyl/N-ethyl adjacent to an activating group) is 1. The molecule has 0 spiro atoms. The van der Waals surface area contributed by atoms with Crippen molar-refractivity contribution in [1.29, 1.82) is 0 Å². The number of fused-ring (bicyclic) bond motifs is 1. The number of carbonyl (C=O) groups excluding carboxylic acids is 2. The number of hydrogen-bond acceptors (Lipinski definition) is 6. The molecule has 3 rings (SSSR count). The molecule has 7 nitrogen and oxygen atoms in total. The van der Waals surface area contributed by atoms with E-state index in [0.29, 0.717) is 17.7 Å². The van der Waals surface area contributed by atoms with E-state index >= 15 is 0 Å². The SMILES string of the molecule is COc1ccccc1CN(C)C(=O)COC(=O)c1cc(=O)c2cc(C)ccc2o1. The number of hydrogen-bond donors (Lipinski definition) is 0. The summed E-state index contributed by atoms with van der Waals surface area (Å²) in [5.41, 5.74) is 1.67. The minimum atomic E-state index is -0.872. The van der Waals surface area contributed by atoms with Crippen LogP contribution in [0.2, 0.25) is 0 Å². The van der Waals surface area contributed by atoms with Gasteiger partial charge in [-0.15, -0.1) is 0 Å². The fraction of sp³-hybridized carbons (Fsp3) is 0.227. The number of nitrogens with zero attached hydrogens (tertiary/aromatic N) is 1. The number of para-hydroxylation sites is 1. The van der Waals surface area contributed by atoms with Crippen molar-refractivity contribution < 1.29 is 23.5 Å². The zero-order valence-electron chi connectivity index (χ0n) is 16.4. The lowest BCUT2D eigenvalue weighted by Gasteiger charge is -2.18. The van der Waals surface area contributed by atoms with Gasteiger partial charge in [0.05, 0.1) is 12.5 Å². The van der Waals surface area contributed by atoms with Gasteiger partial charge < -0.3 is 18.8 Å². The summed E-state index contributed by atoms with van der Waals surface area (Å²) in [7, 11) is 3.15. The average molecular weight is 395 g/mol. The predicted molar refractivity (Wildman–Crippen MR) is 107 cm³/mol. The summed E-state index contributed by atoms with van der Waals surface area (Å²) in [6, 6.07) is 13.5. The maximum Gasteiger partial charge on any atom is 0.374 e. The van der Waals surface area contributed by atoms with Gasteiger partial charge in [-0.3, -0.25) is 9.59 Å². The lowest BCUT2D eigenvalue weighted by molar-refractivity contribution is -0.133. The summed E-state index contributed by atoms with van der Waals surface area (Å²) in [4.78, 5) is 38.2. The molecular formula is C22H21NO6. The first-order valence-electron chi connectivity index (χ1n) is 8.96. The zero-order valence-corrected chi connectivity index (χ0v) is 16.4. The van der Waals surface area contributed by atoms with E-state index in [9.17, 15) is 14.4 Å². The van der Waals surface area contributed by atoms with Crippen molar-refractivity contribution in [3.63, 3.8) is 0 Å². The molecule has 2 aromatic carbocycles. The second-order valence-electron chi connectivity index (χ2n) is 6.61. The average Bonchev–Trinajstić information content (AvgIpc) is 2.72. The molecule has 3 aromatic rings. The Morgan fingerprint density at radius 1 is 1.10 bits per heavy atom. The second kappa shape index (κ2) is 8.60. The minimum Gasteiger partial charge on any atom is -0.496 e. The number of amides is 1. The number of rotatable bonds is 6. The third kappa shape index (κ3) is 4.63. The Kier molecular flexibility index (Phi) is 5.97. The highest BCUT2D eigenvalue weighted by Crippen LogP contribution is 2.19. The Balaban J connectivity index is 1.65. The monoisotopic (exact) mass is 395 g/mol. The third-order valence-electron chi connectivity index (χ3n) is 4.44. The Hall–Kier alpha value is -3.61. The predicted octanol–water partition coefficient (Wildman–Crippen LogP) is 2.93. The van der Waals surface area contributed by atoms with Crippen LogP contribution in [0.4, 0.5) is 0 Å². The van der Waals surface area contributed by atoms with E-state index in [1.807, 2.05) is 25.1 Å². The van der Waals surface area contributed by atoms with Crippen molar-refractivity contribution >= 4 is 22.8 Å². The topological polar surface area (TPSA) is 86.0 Å². The summed E-state index contributed by atoms with van der Waals surface area (Å²) in [6.45, 7) is 1.68. The van der Waals surface area contributed by atoms with Crippen molar-refractivity contribution in [3.05, 3.63) is 75.6 Å². The molecule has 7 heteroatoms. The van der Waals surface area contributed by atoms with E-state index in [1.165, 1.54) is 4.90 Å². The van der Waals surface area contributed by atoms with Gasteiger partial charge in [-0.2, -0.15) is 0 Å². The summed E-state index contributed by atoms with van der Waals surface area (Å²) in [5.74, 6) is -0.851. The highest BCUT2D eigenvalue weighted by molar-refractivity contribution is 5.90. The zero-order chi connectivity index (χ0) is 21.0. The molecule has 1 amide bonds. The van der Waals surface area contributed by atoms with Crippen molar-refractivity contribution in [2.45, 2.75) is 13.5 Å². The first-order chi connectivity index (χ1) is 13.9. The molecule has 0 aliphatic rings. The van der Waals surface area contributed by atoms with E-state index in [1.54, 1.807) is 38.4 Å². The van der Waals surface area contributed by atoms with Gasteiger partial charge in [0.2, 0.25) is 5.76 Å². The van der Waals surface area contributed by atoms with Crippen molar-refractivity contribution in [2.24, 2.45) is 0 Å². The van der Waals surface area contributed by atoms with Crippen LogP contribution in [0.5, 0.6) is 5.75 Å². The maximum atomic E-state index is 12.3. The minimum absolute atomic E-state index is 0.244. The number of aryl methyl sites for hydroxylation is 1. The van der Waals surface area contributed by atoms with E-state index in [-0.39, 0.29) is 16.8 Å². The van der Waals surface area contributed by atoms with E-state index in [0.717, 1.165) is 17.2 Å². The van der Waals surface area contributed by atoms with Crippen LogP contribution in [0.1, 0.15) is 21.7 Å². The number of carbonyl (C=O) groups is 2. The van der Waals surface area contributed by atoms with Gasteiger partial charge in [0.1, 0.15) is 11.3 Å². The number of benzene rings is 2. The highest BCUT2D eigenvalue weighted by Gasteiger charge is 2.18. The molecule has 29 heavy (non-hydrogen) atoms. The lowest BCUT2D eigenvalue weighted by Crippen LogP contribution is -2.31. The molecule has 1 heterocycles. The summed E-state index contributed by atoms with van der Waals surface area (Å²) < 4.78 is 15.8. The molecule has 0 saturated heterocycles. The molecular weight excluding hydrogens is 374 g/mol. The largest absolute Gasteiger partial charge is 0.496 e. The van der Waals surface area contributed by atoms with Gasteiger partial charge in [0.15, 0.2) is 12.0 Å². The normalized spacial score (nSPS) is 10.6. The quantitative estimate of drug-likeness (QED) is 0.597. The third-order valence-corrected chi connectivity index (χ3v) is 4.44. The molecule has 0 radical (unpaired) electrons. The fourth-order valence-corrected chi connectivity index (χ4v) is 2.86. The maximum absolute atomic E-state index is 12.3. The molecule has 0 fully saturated rings. The number of ether oxygens (including phenoxy) is 2. The van der Waals surface area contributed by atoms with Crippen LogP contribution in [0.3, 0.4) is 0 Å². The standard InChI is InChI=1S/C22H21NO6/c1-14-8-9-19-16(10-14)17(24)11-20(29-19)22(26)28-13-21(25)23(2)12-15-6-4-5-7-18(15)27-3/h4-11H,12-13H2,1-3H3. The Bertz CT molecular complexity index is 1120. The molecule has 0 unspecified atom stereocenters. The van der Waals surface area contributed by atoms with Gasteiger partial charge in [-0.1, -0.05) is 29.8 Å². The second-order valence-corrected chi connectivity index (χ2v) is 6.61. The van der Waals surface area contributed by atoms with Crippen molar-refractivity contribution in [2.75, 3.05) is 20.8 Å². The summed E-state index contributed by atoms with van der Waals surface area (Å²) >= 11 is 0. The first kappa shape index (κ1) is 20.1. The van der Waals surface area contributed by atoms with Gasteiger partial charge in [0.25, 0.3) is 5.91 Å². The van der Waals surface area contributed by atoms with Crippen molar-refractivity contribution in [1.82, 2.24) is 4.90 Å². The lowest BCUT2D eigenvalue weighted by atomic mass is 10.1. The van der Waals surface area contributed by atoms with Crippen LogP contribution in [0.15, 0.2) is 57.7 Å². The molecule has 0 aliphatic heterocycles. The number of esters is 1. The Morgan fingerprint density at radius 2 is 1.86 bits per heavy atom. The first-order valence-corrected chi connectivity index (χ1v) is 8.96. The Labute approximate surface area is 167 Å². The smallest absolute Gasteiger partial charge is 0.374 e. The van der Waals surface area contributed by atoms with Gasteiger partial charge >= 0.3 is 5.97 Å². The van der Waals surface area contributed by atoms with Crippen LogP contribution in [0, 0.1) is 6.92 Å². The van der Waals surface area contributed by atoms with Gasteiger partial charge in [-0.05, 0) is 25.1 Å². The fourth-order valence-electron chi connectivity index (χ4n) is 2.86. The molecule has 0 atom stereocenters. The van der Waals surface area contributed by atoms with Crippen LogP contribution in [-0.2, 0) is 16.1 Å². The van der Waals surface area contributed by atoms with Gasteiger partial charge in [0, 0.05) is 25.2 Å². The number of methoxy groups -OCH3 is 1. The molecule has 150 valence electrons. The van der Waals surface area contributed by atoms with Crippen LogP contribution >= 0.6 is 0 Å². The van der Waals surface area contributed by atoms with Crippen LogP contribution < -0.4 is 10.2 Å². The molecule has 0 saturated carbocycles.